The molecular formula is C9H20NO+. The van der Waals surface area contributed by atoms with Gasteiger partial charge in [0.05, 0.1) is 7.05 Å². The van der Waals surface area contributed by atoms with Gasteiger partial charge in [0, 0.05) is 5.41 Å². The molecule has 11 heavy (non-hydrogen) atoms. The van der Waals surface area contributed by atoms with Gasteiger partial charge in [-0.05, 0) is 18.3 Å². The molecule has 3 N–H and O–H groups in total. The Kier molecular flexibility index (Phi) is 2.26. The molecular weight excluding hydrogens is 138 g/mol. The molecule has 1 aliphatic carbocycles. The van der Waals surface area contributed by atoms with E-state index in [1.807, 2.05) is 12.4 Å². The topological polar surface area (TPSA) is 36.8 Å². The van der Waals surface area contributed by atoms with Crippen molar-refractivity contribution in [2.24, 2.45) is 17.3 Å². The van der Waals surface area contributed by atoms with Gasteiger partial charge < -0.3 is 10.4 Å². The Hall–Kier alpha value is -0.0800. The van der Waals surface area contributed by atoms with Crippen molar-refractivity contribution >= 4 is 0 Å². The van der Waals surface area contributed by atoms with Gasteiger partial charge in [-0.3, -0.25) is 0 Å². The third-order valence-corrected chi connectivity index (χ3v) is 3.14. The Morgan fingerprint density at radius 3 is 2.27 bits per heavy atom. The van der Waals surface area contributed by atoms with Crippen LogP contribution in [0.3, 0.4) is 0 Å². The number of nitrogens with two attached hydrogens (primary N) is 1. The summed E-state index contributed by atoms with van der Waals surface area (Å²) >= 11 is 0. The quantitative estimate of drug-likeness (QED) is 0.565. The molecule has 0 aromatic carbocycles. The Morgan fingerprint density at radius 1 is 1.55 bits per heavy atom. The van der Waals surface area contributed by atoms with Crippen LogP contribution in [0, 0.1) is 17.3 Å². The highest BCUT2D eigenvalue weighted by Gasteiger charge is 2.49. The van der Waals surface area contributed by atoms with Crippen molar-refractivity contribution in [3.05, 3.63) is 0 Å². The lowest BCUT2D eigenvalue weighted by atomic mass is 9.84. The second-order valence-corrected chi connectivity index (χ2v) is 4.42. The molecule has 1 fully saturated rings. The fourth-order valence-corrected chi connectivity index (χ4v) is 2.01. The molecule has 0 aromatic rings. The molecule has 0 heterocycles. The largest absolute Gasteiger partial charge is 0.344 e. The van der Waals surface area contributed by atoms with E-state index in [2.05, 4.69) is 20.8 Å². The highest BCUT2D eigenvalue weighted by Crippen LogP contribution is 2.51. The lowest BCUT2D eigenvalue weighted by Gasteiger charge is -2.27. The van der Waals surface area contributed by atoms with Gasteiger partial charge in [-0.2, -0.15) is 0 Å². The van der Waals surface area contributed by atoms with E-state index < -0.39 is 0 Å². The number of aliphatic hydroxyl groups is 1. The van der Waals surface area contributed by atoms with Crippen molar-refractivity contribution in [1.29, 1.82) is 0 Å². The average Bonchev–Trinajstić information content (AvgIpc) is 2.65. The van der Waals surface area contributed by atoms with Gasteiger partial charge in [-0.15, -0.1) is 0 Å². The Balaban J connectivity index is 2.52. The Morgan fingerprint density at radius 2 is 2.00 bits per heavy atom. The molecule has 0 aromatic heterocycles. The number of hydrogen-bond donors (Lipinski definition) is 2. The van der Waals surface area contributed by atoms with Gasteiger partial charge in [0.15, 0.2) is 6.23 Å². The number of hydrogen-bond acceptors (Lipinski definition) is 1. The summed E-state index contributed by atoms with van der Waals surface area (Å²) in [6, 6.07) is 0. The molecule has 2 heteroatoms. The maximum Gasteiger partial charge on any atom is 0.192 e. The molecule has 66 valence electrons. The van der Waals surface area contributed by atoms with E-state index in [9.17, 15) is 5.11 Å². The summed E-state index contributed by atoms with van der Waals surface area (Å²) in [5.41, 5.74) is 0.0914. The number of aliphatic hydroxyl groups excluding tert-OH is 1. The van der Waals surface area contributed by atoms with Crippen molar-refractivity contribution < 1.29 is 10.4 Å². The molecule has 2 nitrogen and oxygen atoms in total. The first-order chi connectivity index (χ1) is 5.00. The van der Waals surface area contributed by atoms with Gasteiger partial charge >= 0.3 is 0 Å². The van der Waals surface area contributed by atoms with Crippen LogP contribution >= 0.6 is 0 Å². The smallest absolute Gasteiger partial charge is 0.192 e. The van der Waals surface area contributed by atoms with Crippen LogP contribution in [0.15, 0.2) is 0 Å². The highest BCUT2D eigenvalue weighted by molar-refractivity contribution is 4.94. The van der Waals surface area contributed by atoms with E-state index >= 15 is 0 Å². The fraction of sp³-hybridized carbons (Fsp3) is 1.00. The first-order valence-electron chi connectivity index (χ1n) is 4.47. The second-order valence-electron chi connectivity index (χ2n) is 4.42. The summed E-state index contributed by atoms with van der Waals surface area (Å²) in [6.07, 6.45) is 1.05. The van der Waals surface area contributed by atoms with Crippen LogP contribution < -0.4 is 5.32 Å². The van der Waals surface area contributed by atoms with Crippen molar-refractivity contribution in [2.75, 3.05) is 7.05 Å². The molecule has 0 bridgehead atoms. The summed E-state index contributed by atoms with van der Waals surface area (Å²) in [5, 5.41) is 11.6. The maximum atomic E-state index is 9.66. The molecule has 3 atom stereocenters. The lowest BCUT2D eigenvalue weighted by molar-refractivity contribution is -0.716. The van der Waals surface area contributed by atoms with Crippen LogP contribution in [0.25, 0.3) is 0 Å². The SMILES string of the molecule is C[NH2+]C(O)C(C)(C)C1CC1C. The van der Waals surface area contributed by atoms with Gasteiger partial charge in [0.2, 0.25) is 0 Å². The fourth-order valence-electron chi connectivity index (χ4n) is 2.01. The van der Waals surface area contributed by atoms with Crippen LogP contribution in [0.4, 0.5) is 0 Å². The standard InChI is InChI=1S/C9H19NO/c1-6-5-7(6)9(2,3)8(11)10-4/h6-8,10-11H,5H2,1-4H3/p+1. The minimum atomic E-state index is -0.238. The highest BCUT2D eigenvalue weighted by atomic mass is 16.3. The van der Waals surface area contributed by atoms with E-state index in [-0.39, 0.29) is 11.6 Å². The summed E-state index contributed by atoms with van der Waals surface area (Å²) < 4.78 is 0. The van der Waals surface area contributed by atoms with Crippen molar-refractivity contribution in [1.82, 2.24) is 0 Å². The zero-order valence-electron chi connectivity index (χ0n) is 7.96. The third-order valence-electron chi connectivity index (χ3n) is 3.14. The summed E-state index contributed by atoms with van der Waals surface area (Å²) in [6.45, 7) is 6.58. The Labute approximate surface area is 69.0 Å². The van der Waals surface area contributed by atoms with Gasteiger partial charge in [-0.25, -0.2) is 0 Å². The van der Waals surface area contributed by atoms with Gasteiger partial charge in [0.1, 0.15) is 0 Å². The van der Waals surface area contributed by atoms with Gasteiger partial charge in [0.25, 0.3) is 0 Å². The van der Waals surface area contributed by atoms with Crippen LogP contribution in [0.1, 0.15) is 27.2 Å². The van der Waals surface area contributed by atoms with Crippen molar-refractivity contribution in [3.63, 3.8) is 0 Å². The summed E-state index contributed by atoms with van der Waals surface area (Å²) in [4.78, 5) is 0. The minimum absolute atomic E-state index is 0.0914. The van der Waals surface area contributed by atoms with Crippen molar-refractivity contribution in [3.8, 4) is 0 Å². The van der Waals surface area contributed by atoms with Crippen LogP contribution in [0.5, 0.6) is 0 Å². The Bertz CT molecular complexity index is 138. The normalized spacial score (nSPS) is 33.5. The summed E-state index contributed by atoms with van der Waals surface area (Å²) in [7, 11) is 1.93. The molecule has 1 rings (SSSR count). The first kappa shape index (κ1) is 9.01. The van der Waals surface area contributed by atoms with E-state index in [1.165, 1.54) is 6.42 Å². The van der Waals surface area contributed by atoms with Crippen LogP contribution in [-0.4, -0.2) is 18.4 Å². The predicted molar refractivity (Wildman–Crippen MR) is 44.9 cm³/mol. The predicted octanol–water partition coefficient (Wildman–Crippen LogP) is 0.180. The molecule has 0 amide bonds. The van der Waals surface area contributed by atoms with Crippen LogP contribution in [-0.2, 0) is 0 Å². The molecule has 0 spiro atoms. The third kappa shape index (κ3) is 1.57. The number of rotatable bonds is 3. The minimum Gasteiger partial charge on any atom is -0.344 e. The van der Waals surface area contributed by atoms with E-state index in [1.54, 1.807) is 0 Å². The first-order valence-corrected chi connectivity index (χ1v) is 4.47. The van der Waals surface area contributed by atoms with Gasteiger partial charge in [-0.1, -0.05) is 20.8 Å². The molecule has 1 aliphatic rings. The monoisotopic (exact) mass is 158 g/mol. The molecule has 1 saturated carbocycles. The molecule has 0 radical (unpaired) electrons. The molecule has 0 aliphatic heterocycles. The van der Waals surface area contributed by atoms with E-state index in [4.69, 9.17) is 0 Å². The summed E-state index contributed by atoms with van der Waals surface area (Å²) in [5.74, 6) is 1.55. The zero-order chi connectivity index (χ0) is 8.65. The molecule has 0 saturated heterocycles. The van der Waals surface area contributed by atoms with E-state index in [0.717, 1.165) is 11.8 Å². The second kappa shape index (κ2) is 2.76. The lowest BCUT2D eigenvalue weighted by Crippen LogP contribution is -2.89. The van der Waals surface area contributed by atoms with Crippen LogP contribution in [0.2, 0.25) is 0 Å². The van der Waals surface area contributed by atoms with Crippen molar-refractivity contribution in [2.45, 2.75) is 33.4 Å². The number of quaternary nitrogens is 1. The molecule has 3 unspecified atom stereocenters. The average molecular weight is 158 g/mol. The zero-order valence-corrected chi connectivity index (χ0v) is 7.96. The maximum absolute atomic E-state index is 9.66. The van der Waals surface area contributed by atoms with E-state index in [0.29, 0.717) is 0 Å².